The van der Waals surface area contributed by atoms with E-state index in [4.69, 9.17) is 0 Å². The normalized spacial score (nSPS) is 9.83. The molecule has 0 saturated heterocycles. The Hall–Kier alpha value is -1.11. The summed E-state index contributed by atoms with van der Waals surface area (Å²) in [6, 6.07) is 7.43. The Morgan fingerprint density at radius 3 is 2.83 bits per heavy atom. The van der Waals surface area contributed by atoms with E-state index in [0.29, 0.717) is 6.42 Å². The first-order chi connectivity index (χ1) is 5.74. The lowest BCUT2D eigenvalue weighted by molar-refractivity contribution is 0.0981. The molecule has 0 spiro atoms. The summed E-state index contributed by atoms with van der Waals surface area (Å²) in [5.74, 6) is 0.211. The summed E-state index contributed by atoms with van der Waals surface area (Å²) in [7, 11) is 0. The Balaban J connectivity index is 2.81. The summed E-state index contributed by atoms with van der Waals surface area (Å²) in [4.78, 5) is 11.4. The third-order valence-corrected chi connectivity index (χ3v) is 1.73. The van der Waals surface area contributed by atoms with Crippen LogP contribution in [0, 0.1) is 6.92 Å². The van der Waals surface area contributed by atoms with Gasteiger partial charge in [-0.15, -0.1) is 0 Å². The number of hydrogen-bond donors (Lipinski definition) is 0. The minimum absolute atomic E-state index is 0.211. The zero-order chi connectivity index (χ0) is 8.97. The first kappa shape index (κ1) is 8.98. The fourth-order valence-corrected chi connectivity index (χ4v) is 1.12. The molecule has 1 aromatic rings. The zero-order valence-electron chi connectivity index (χ0n) is 7.34. The highest BCUT2D eigenvalue weighted by Crippen LogP contribution is 2.07. The van der Waals surface area contributed by atoms with Gasteiger partial charge < -0.3 is 0 Å². The van der Waals surface area contributed by atoms with Crippen molar-refractivity contribution in [3.05, 3.63) is 42.3 Å². The van der Waals surface area contributed by atoms with Crippen LogP contribution in [0.2, 0.25) is 0 Å². The smallest absolute Gasteiger partial charge is 0.162 e. The van der Waals surface area contributed by atoms with Gasteiger partial charge in [-0.2, -0.15) is 0 Å². The van der Waals surface area contributed by atoms with Crippen LogP contribution < -0.4 is 0 Å². The molecule has 63 valence electrons. The molecule has 0 atom stereocenters. The number of ketones is 1. The number of benzene rings is 1. The molecule has 1 radical (unpaired) electrons. The van der Waals surface area contributed by atoms with Gasteiger partial charge in [0.2, 0.25) is 0 Å². The van der Waals surface area contributed by atoms with Gasteiger partial charge in [-0.05, 0) is 25.0 Å². The van der Waals surface area contributed by atoms with Crippen LogP contribution >= 0.6 is 0 Å². The van der Waals surface area contributed by atoms with Crippen molar-refractivity contribution in [1.29, 1.82) is 0 Å². The van der Waals surface area contributed by atoms with Crippen LogP contribution in [0.15, 0.2) is 24.3 Å². The van der Waals surface area contributed by atoms with Crippen LogP contribution in [-0.2, 0) is 0 Å². The lowest BCUT2D eigenvalue weighted by Gasteiger charge is -1.99. The maximum Gasteiger partial charge on any atom is 0.162 e. The number of hydrogen-bond acceptors (Lipinski definition) is 1. The van der Waals surface area contributed by atoms with Gasteiger partial charge >= 0.3 is 0 Å². The molecule has 0 aliphatic carbocycles. The van der Waals surface area contributed by atoms with Gasteiger partial charge in [-0.3, -0.25) is 4.79 Å². The van der Waals surface area contributed by atoms with Crippen molar-refractivity contribution in [2.75, 3.05) is 0 Å². The lowest BCUT2D eigenvalue weighted by atomic mass is 10.1. The molecule has 0 amide bonds. The van der Waals surface area contributed by atoms with Gasteiger partial charge in [0.1, 0.15) is 0 Å². The Labute approximate surface area is 73.4 Å². The van der Waals surface area contributed by atoms with E-state index in [1.165, 1.54) is 0 Å². The highest BCUT2D eigenvalue weighted by Gasteiger charge is 2.02. The Kier molecular flexibility index (Phi) is 3.03. The fourth-order valence-electron chi connectivity index (χ4n) is 1.12. The number of Topliss-reactive ketones (excluding diaryl/α,β-unsaturated/α-hetero) is 1. The second-order valence-corrected chi connectivity index (χ2v) is 2.87. The predicted octanol–water partition coefficient (Wildman–Crippen LogP) is 2.85. The number of rotatable bonds is 3. The SMILES string of the molecule is [CH2]c1cccc(C(=O)CCC)c1. The molecule has 0 fully saturated rings. The minimum atomic E-state index is 0.211. The minimum Gasteiger partial charge on any atom is -0.294 e. The van der Waals surface area contributed by atoms with Gasteiger partial charge in [0.25, 0.3) is 0 Å². The quantitative estimate of drug-likeness (QED) is 0.623. The molecule has 1 aromatic carbocycles. The second-order valence-electron chi connectivity index (χ2n) is 2.87. The van der Waals surface area contributed by atoms with E-state index in [2.05, 4.69) is 6.92 Å². The summed E-state index contributed by atoms with van der Waals surface area (Å²) in [5.41, 5.74) is 1.68. The molecule has 1 rings (SSSR count). The van der Waals surface area contributed by atoms with Crippen LogP contribution in [-0.4, -0.2) is 5.78 Å². The largest absolute Gasteiger partial charge is 0.294 e. The van der Waals surface area contributed by atoms with Crippen LogP contribution in [0.3, 0.4) is 0 Å². The predicted molar refractivity (Wildman–Crippen MR) is 50.1 cm³/mol. The van der Waals surface area contributed by atoms with Crippen molar-refractivity contribution in [3.8, 4) is 0 Å². The van der Waals surface area contributed by atoms with Crippen LogP contribution in [0.1, 0.15) is 35.7 Å². The van der Waals surface area contributed by atoms with E-state index in [1.54, 1.807) is 0 Å². The molecule has 1 nitrogen and oxygen atoms in total. The third-order valence-electron chi connectivity index (χ3n) is 1.73. The molecule has 0 aromatic heterocycles. The van der Waals surface area contributed by atoms with Crippen LogP contribution in [0.5, 0.6) is 0 Å². The summed E-state index contributed by atoms with van der Waals surface area (Å²) in [6.45, 7) is 5.78. The van der Waals surface area contributed by atoms with E-state index in [9.17, 15) is 4.79 Å². The molecule has 0 aliphatic rings. The van der Waals surface area contributed by atoms with Gasteiger partial charge in [0, 0.05) is 12.0 Å². The average Bonchev–Trinajstić information content (AvgIpc) is 2.05. The van der Waals surface area contributed by atoms with Crippen molar-refractivity contribution in [1.82, 2.24) is 0 Å². The topological polar surface area (TPSA) is 17.1 Å². The van der Waals surface area contributed by atoms with Gasteiger partial charge in [-0.1, -0.05) is 25.1 Å². The van der Waals surface area contributed by atoms with Crippen LogP contribution in [0.25, 0.3) is 0 Å². The van der Waals surface area contributed by atoms with E-state index in [-0.39, 0.29) is 5.78 Å². The zero-order valence-corrected chi connectivity index (χ0v) is 7.34. The molecular formula is C11H13O. The van der Waals surface area contributed by atoms with E-state index < -0.39 is 0 Å². The average molecular weight is 161 g/mol. The number of carbonyl (C=O) groups excluding carboxylic acids is 1. The molecule has 0 heterocycles. The van der Waals surface area contributed by atoms with Gasteiger partial charge in [0.15, 0.2) is 5.78 Å². The third kappa shape index (κ3) is 2.19. The molecule has 0 aliphatic heterocycles. The van der Waals surface area contributed by atoms with Gasteiger partial charge in [0.05, 0.1) is 0 Å². The molecule has 0 N–H and O–H groups in total. The van der Waals surface area contributed by atoms with Gasteiger partial charge in [-0.25, -0.2) is 0 Å². The molecule has 0 saturated carbocycles. The monoisotopic (exact) mass is 161 g/mol. The summed E-state index contributed by atoms with van der Waals surface area (Å²) in [5, 5.41) is 0. The number of carbonyl (C=O) groups is 1. The first-order valence-corrected chi connectivity index (χ1v) is 4.19. The van der Waals surface area contributed by atoms with Crippen molar-refractivity contribution in [2.24, 2.45) is 0 Å². The van der Waals surface area contributed by atoms with Crippen molar-refractivity contribution in [2.45, 2.75) is 19.8 Å². The highest BCUT2D eigenvalue weighted by molar-refractivity contribution is 5.96. The van der Waals surface area contributed by atoms with E-state index in [0.717, 1.165) is 17.5 Å². The summed E-state index contributed by atoms with van der Waals surface area (Å²) in [6.07, 6.45) is 1.53. The maximum absolute atomic E-state index is 11.4. The Morgan fingerprint density at radius 1 is 1.50 bits per heavy atom. The van der Waals surface area contributed by atoms with E-state index >= 15 is 0 Å². The molecule has 0 bridgehead atoms. The first-order valence-electron chi connectivity index (χ1n) is 4.19. The highest BCUT2D eigenvalue weighted by atomic mass is 16.1. The lowest BCUT2D eigenvalue weighted by Crippen LogP contribution is -1.97. The Morgan fingerprint density at radius 2 is 2.25 bits per heavy atom. The van der Waals surface area contributed by atoms with Crippen molar-refractivity contribution in [3.63, 3.8) is 0 Å². The molecular weight excluding hydrogens is 148 g/mol. The fraction of sp³-hybridized carbons (Fsp3) is 0.273. The molecule has 0 unspecified atom stereocenters. The standard InChI is InChI=1S/C11H13O/c1-3-5-11(12)10-7-4-6-9(2)8-10/h4,6-8H,2-3,5H2,1H3. The summed E-state index contributed by atoms with van der Waals surface area (Å²) < 4.78 is 0. The van der Waals surface area contributed by atoms with E-state index in [1.807, 2.05) is 31.2 Å². The van der Waals surface area contributed by atoms with Crippen LogP contribution in [0.4, 0.5) is 0 Å². The van der Waals surface area contributed by atoms with Crippen molar-refractivity contribution >= 4 is 5.78 Å². The molecule has 12 heavy (non-hydrogen) atoms. The second kappa shape index (κ2) is 4.05. The Bertz CT molecular complexity index is 276. The molecule has 1 heteroatoms. The maximum atomic E-state index is 11.4. The summed E-state index contributed by atoms with van der Waals surface area (Å²) >= 11 is 0. The van der Waals surface area contributed by atoms with Crippen molar-refractivity contribution < 1.29 is 4.79 Å².